The first-order valence-corrected chi connectivity index (χ1v) is 8.69. The van der Waals surface area contributed by atoms with Gasteiger partial charge in [0.15, 0.2) is 4.32 Å². The Bertz CT molecular complexity index is 938. The Kier molecular flexibility index (Phi) is 4.69. The van der Waals surface area contributed by atoms with Gasteiger partial charge in [0.2, 0.25) is 0 Å². The Labute approximate surface area is 154 Å². The maximum absolute atomic E-state index is 12.8. The van der Waals surface area contributed by atoms with Crippen molar-refractivity contribution in [3.8, 4) is 0 Å². The number of aryl methyl sites for hydroxylation is 2. The Balaban J connectivity index is 1.96. The molecule has 1 heterocycles. The molecule has 7 heteroatoms. The summed E-state index contributed by atoms with van der Waals surface area (Å²) in [5, 5.41) is 10.9. The summed E-state index contributed by atoms with van der Waals surface area (Å²) in [5.74, 6) is -0.214. The van der Waals surface area contributed by atoms with Gasteiger partial charge in [-0.1, -0.05) is 53.8 Å². The number of thioether (sulfide) groups is 1. The van der Waals surface area contributed by atoms with E-state index < -0.39 is 4.92 Å². The van der Waals surface area contributed by atoms with Crippen LogP contribution >= 0.6 is 24.0 Å². The van der Waals surface area contributed by atoms with Crippen LogP contribution in [-0.4, -0.2) is 15.2 Å². The molecule has 1 amide bonds. The number of thiocarbonyl (C=S) groups is 1. The summed E-state index contributed by atoms with van der Waals surface area (Å²) in [6.07, 6.45) is 1.63. The lowest BCUT2D eigenvalue weighted by atomic mass is 10.1. The average molecular weight is 370 g/mol. The number of nitro benzene ring substituents is 1. The van der Waals surface area contributed by atoms with E-state index >= 15 is 0 Å². The summed E-state index contributed by atoms with van der Waals surface area (Å²) in [6, 6.07) is 12.0. The molecule has 1 aliphatic heterocycles. The van der Waals surface area contributed by atoms with Crippen LogP contribution in [0.3, 0.4) is 0 Å². The third-order valence-electron chi connectivity index (χ3n) is 3.77. The van der Waals surface area contributed by atoms with Crippen molar-refractivity contribution in [2.75, 3.05) is 4.90 Å². The fraction of sp³-hybridized carbons (Fsp3) is 0.111. The molecule has 0 radical (unpaired) electrons. The lowest BCUT2D eigenvalue weighted by Crippen LogP contribution is -2.28. The van der Waals surface area contributed by atoms with Crippen molar-refractivity contribution < 1.29 is 9.72 Å². The third kappa shape index (κ3) is 3.47. The van der Waals surface area contributed by atoms with E-state index in [1.54, 1.807) is 18.2 Å². The molecule has 0 atom stereocenters. The van der Waals surface area contributed by atoms with Crippen molar-refractivity contribution >= 4 is 51.7 Å². The van der Waals surface area contributed by atoms with Crippen molar-refractivity contribution in [3.05, 3.63) is 74.2 Å². The highest BCUT2D eigenvalue weighted by atomic mass is 32.2. The summed E-state index contributed by atoms with van der Waals surface area (Å²) in [4.78, 5) is 25.2. The first-order valence-electron chi connectivity index (χ1n) is 7.46. The van der Waals surface area contributed by atoms with E-state index in [1.807, 2.05) is 32.0 Å². The molecule has 0 spiro atoms. The van der Waals surface area contributed by atoms with Crippen molar-refractivity contribution in [2.45, 2.75) is 13.8 Å². The second-order valence-corrected chi connectivity index (χ2v) is 7.33. The molecule has 0 unspecified atom stereocenters. The van der Waals surface area contributed by atoms with Crippen LogP contribution in [0, 0.1) is 24.0 Å². The Morgan fingerprint density at radius 3 is 2.64 bits per heavy atom. The van der Waals surface area contributed by atoms with Crippen LogP contribution in [0.2, 0.25) is 0 Å². The number of hydrogen-bond donors (Lipinski definition) is 0. The van der Waals surface area contributed by atoms with E-state index in [1.165, 1.54) is 28.8 Å². The van der Waals surface area contributed by atoms with Gasteiger partial charge < -0.3 is 0 Å². The van der Waals surface area contributed by atoms with Crippen LogP contribution < -0.4 is 4.90 Å². The molecule has 0 N–H and O–H groups in total. The summed E-state index contributed by atoms with van der Waals surface area (Å²) >= 11 is 6.57. The number of carbonyl (C=O) groups is 1. The number of non-ortho nitro benzene ring substituents is 1. The second-order valence-electron chi connectivity index (χ2n) is 5.66. The molecular formula is C18H14N2O3S2. The summed E-state index contributed by atoms with van der Waals surface area (Å²) in [5.41, 5.74) is 3.41. The molecule has 5 nitrogen and oxygen atoms in total. The first-order chi connectivity index (χ1) is 11.9. The minimum Gasteiger partial charge on any atom is -0.268 e. The largest absolute Gasteiger partial charge is 0.270 e. The number of amides is 1. The van der Waals surface area contributed by atoms with Gasteiger partial charge in [0.05, 0.1) is 15.5 Å². The van der Waals surface area contributed by atoms with Crippen LogP contribution in [0.4, 0.5) is 11.4 Å². The van der Waals surface area contributed by atoms with Crippen molar-refractivity contribution in [2.24, 2.45) is 0 Å². The van der Waals surface area contributed by atoms with Crippen molar-refractivity contribution in [1.29, 1.82) is 0 Å². The smallest absolute Gasteiger partial charge is 0.268 e. The molecule has 0 aromatic heterocycles. The normalized spacial score (nSPS) is 15.9. The van der Waals surface area contributed by atoms with Gasteiger partial charge in [-0.05, 0) is 37.1 Å². The van der Waals surface area contributed by atoms with Gasteiger partial charge in [-0.15, -0.1) is 0 Å². The lowest BCUT2D eigenvalue weighted by Gasteiger charge is -2.17. The van der Waals surface area contributed by atoms with E-state index in [0.29, 0.717) is 14.8 Å². The van der Waals surface area contributed by atoms with E-state index in [0.717, 1.165) is 16.8 Å². The van der Waals surface area contributed by atoms with Crippen molar-refractivity contribution in [1.82, 2.24) is 0 Å². The zero-order chi connectivity index (χ0) is 18.1. The number of nitrogens with zero attached hydrogens (tertiary/aromatic N) is 2. The molecule has 1 aliphatic rings. The zero-order valence-corrected chi connectivity index (χ0v) is 15.2. The van der Waals surface area contributed by atoms with E-state index in [4.69, 9.17) is 12.2 Å². The third-order valence-corrected chi connectivity index (χ3v) is 5.07. The molecule has 1 fully saturated rings. The fourth-order valence-electron chi connectivity index (χ4n) is 2.61. The second kappa shape index (κ2) is 6.78. The van der Waals surface area contributed by atoms with Crippen LogP contribution in [0.25, 0.3) is 6.08 Å². The van der Waals surface area contributed by atoms with Gasteiger partial charge in [0.1, 0.15) is 0 Å². The molecule has 0 bridgehead atoms. The van der Waals surface area contributed by atoms with Gasteiger partial charge >= 0.3 is 0 Å². The summed E-state index contributed by atoms with van der Waals surface area (Å²) in [7, 11) is 0. The fourth-order valence-corrected chi connectivity index (χ4v) is 3.90. The summed E-state index contributed by atoms with van der Waals surface area (Å²) in [6.45, 7) is 3.93. The SMILES string of the molecule is Cc1ccc(N2C(=O)/C(=C/c3cccc([N+](=O)[O-])c3)SC2=S)c(C)c1. The molecular weight excluding hydrogens is 356 g/mol. The van der Waals surface area contributed by atoms with Gasteiger partial charge in [0.25, 0.3) is 11.6 Å². The number of anilines is 1. The highest BCUT2D eigenvalue weighted by molar-refractivity contribution is 8.27. The molecule has 126 valence electrons. The Morgan fingerprint density at radius 1 is 1.20 bits per heavy atom. The molecule has 0 aliphatic carbocycles. The highest BCUT2D eigenvalue weighted by Gasteiger charge is 2.34. The Hall–Kier alpha value is -2.51. The van der Waals surface area contributed by atoms with Gasteiger partial charge in [-0.25, -0.2) is 0 Å². The van der Waals surface area contributed by atoms with Gasteiger partial charge in [-0.3, -0.25) is 19.8 Å². The molecule has 3 rings (SSSR count). The van der Waals surface area contributed by atoms with Crippen LogP contribution in [0.15, 0.2) is 47.4 Å². The van der Waals surface area contributed by atoms with Gasteiger partial charge in [-0.2, -0.15) is 0 Å². The lowest BCUT2D eigenvalue weighted by molar-refractivity contribution is -0.384. The molecule has 25 heavy (non-hydrogen) atoms. The Morgan fingerprint density at radius 2 is 1.96 bits per heavy atom. The standard InChI is InChI=1S/C18H14N2O3S2/c1-11-6-7-15(12(2)8-11)19-17(21)16(25-18(19)24)10-13-4-3-5-14(9-13)20(22)23/h3-10H,1-2H3/b16-10-. The van der Waals surface area contributed by atoms with Gasteiger partial charge in [0, 0.05) is 12.1 Å². The number of rotatable bonds is 3. The highest BCUT2D eigenvalue weighted by Crippen LogP contribution is 2.37. The molecule has 0 saturated carbocycles. The van der Waals surface area contributed by atoms with Crippen LogP contribution in [-0.2, 0) is 4.79 Å². The topological polar surface area (TPSA) is 63.5 Å². The minimum absolute atomic E-state index is 0.0152. The van der Waals surface area contributed by atoms with Crippen LogP contribution in [0.1, 0.15) is 16.7 Å². The number of nitro groups is 1. The maximum atomic E-state index is 12.8. The predicted molar refractivity (Wildman–Crippen MR) is 105 cm³/mol. The number of carbonyl (C=O) groups excluding carboxylic acids is 1. The number of hydrogen-bond acceptors (Lipinski definition) is 5. The monoisotopic (exact) mass is 370 g/mol. The molecule has 2 aromatic rings. The molecule has 2 aromatic carbocycles. The minimum atomic E-state index is -0.460. The van der Waals surface area contributed by atoms with E-state index in [2.05, 4.69) is 0 Å². The number of benzene rings is 2. The average Bonchev–Trinajstić information content (AvgIpc) is 2.82. The van der Waals surface area contributed by atoms with Crippen LogP contribution in [0.5, 0.6) is 0 Å². The summed E-state index contributed by atoms with van der Waals surface area (Å²) < 4.78 is 0.452. The maximum Gasteiger partial charge on any atom is 0.270 e. The van der Waals surface area contributed by atoms with E-state index in [-0.39, 0.29) is 11.6 Å². The quantitative estimate of drug-likeness (QED) is 0.341. The molecule has 1 saturated heterocycles. The van der Waals surface area contributed by atoms with E-state index in [9.17, 15) is 14.9 Å². The first kappa shape index (κ1) is 17.3. The van der Waals surface area contributed by atoms with Crippen molar-refractivity contribution in [3.63, 3.8) is 0 Å². The zero-order valence-electron chi connectivity index (χ0n) is 13.6. The predicted octanol–water partition coefficient (Wildman–Crippen LogP) is 4.62.